The van der Waals surface area contributed by atoms with E-state index in [1.54, 1.807) is 12.1 Å². The fourth-order valence-electron chi connectivity index (χ4n) is 3.11. The van der Waals surface area contributed by atoms with E-state index in [1.807, 2.05) is 45.0 Å². The number of rotatable bonds is 6. The van der Waals surface area contributed by atoms with Crippen LogP contribution in [0.3, 0.4) is 0 Å². The monoisotopic (exact) mass is 398 g/mol. The summed E-state index contributed by atoms with van der Waals surface area (Å²) in [5.74, 6) is -0.692. The Bertz CT molecular complexity index is 982. The van der Waals surface area contributed by atoms with Gasteiger partial charge in [-0.25, -0.2) is 0 Å². The number of nitrogens with one attached hydrogen (secondary N) is 1. The lowest BCUT2D eigenvalue weighted by atomic mass is 9.99. The molecule has 0 saturated carbocycles. The summed E-state index contributed by atoms with van der Waals surface area (Å²) in [6.45, 7) is 6.38. The first-order valence-electron chi connectivity index (χ1n) is 9.03. The second kappa shape index (κ2) is 8.17. The molecular weight excluding hydrogens is 376 g/mol. The molecule has 5 nitrogen and oxygen atoms in total. The molecule has 0 radical (unpaired) electrons. The molecule has 146 valence electrons. The molecule has 0 aliphatic carbocycles. The lowest BCUT2D eigenvalue weighted by Gasteiger charge is -2.15. The largest absolute Gasteiger partial charge is 0.383 e. The Balaban J connectivity index is 2.10. The predicted molar refractivity (Wildman–Crippen MR) is 111 cm³/mol. The van der Waals surface area contributed by atoms with Crippen molar-refractivity contribution in [1.29, 1.82) is 0 Å². The van der Waals surface area contributed by atoms with Crippen LogP contribution in [-0.4, -0.2) is 37.0 Å². The van der Waals surface area contributed by atoms with Gasteiger partial charge in [0.15, 0.2) is 0 Å². The Morgan fingerprint density at radius 1 is 0.964 bits per heavy atom. The number of amides is 2. The second-order valence-electron chi connectivity index (χ2n) is 6.89. The third-order valence-electron chi connectivity index (χ3n) is 4.94. The number of benzene rings is 2. The predicted octanol–water partition coefficient (Wildman–Crippen LogP) is 4.10. The van der Waals surface area contributed by atoms with Gasteiger partial charge in [-0.1, -0.05) is 35.9 Å². The van der Waals surface area contributed by atoms with Gasteiger partial charge in [0.2, 0.25) is 0 Å². The van der Waals surface area contributed by atoms with Crippen LogP contribution in [0.2, 0.25) is 5.02 Å². The highest BCUT2D eigenvalue weighted by Crippen LogP contribution is 2.32. The zero-order valence-electron chi connectivity index (χ0n) is 16.4. The Morgan fingerprint density at radius 3 is 2.36 bits per heavy atom. The molecule has 2 aromatic carbocycles. The average Bonchev–Trinajstić information content (AvgIpc) is 2.89. The van der Waals surface area contributed by atoms with Gasteiger partial charge < -0.3 is 10.1 Å². The van der Waals surface area contributed by atoms with Gasteiger partial charge in [0.1, 0.15) is 5.70 Å². The molecule has 6 heteroatoms. The number of carbonyl (C=O) groups excluding carboxylic acids is 2. The molecule has 0 bridgehead atoms. The van der Waals surface area contributed by atoms with Gasteiger partial charge in [-0.15, -0.1) is 0 Å². The van der Waals surface area contributed by atoms with Gasteiger partial charge in [0, 0.05) is 17.8 Å². The number of carbonyl (C=O) groups is 2. The van der Waals surface area contributed by atoms with Gasteiger partial charge in [-0.3, -0.25) is 14.5 Å². The van der Waals surface area contributed by atoms with Crippen LogP contribution in [-0.2, 0) is 14.3 Å². The third-order valence-corrected chi connectivity index (χ3v) is 5.18. The maximum absolute atomic E-state index is 13.1. The molecule has 0 spiro atoms. The van der Waals surface area contributed by atoms with Crippen molar-refractivity contribution in [2.24, 2.45) is 0 Å². The van der Waals surface area contributed by atoms with Crippen molar-refractivity contribution >= 4 is 34.7 Å². The number of ether oxygens (including phenoxy) is 1. The van der Waals surface area contributed by atoms with E-state index in [9.17, 15) is 9.59 Å². The third kappa shape index (κ3) is 3.81. The van der Waals surface area contributed by atoms with E-state index >= 15 is 0 Å². The smallest absolute Gasteiger partial charge is 0.278 e. The molecule has 2 aromatic rings. The summed E-state index contributed by atoms with van der Waals surface area (Å²) < 4.78 is 5.06. The van der Waals surface area contributed by atoms with Gasteiger partial charge in [0.05, 0.1) is 18.7 Å². The molecule has 2 amide bonds. The summed E-state index contributed by atoms with van der Waals surface area (Å²) in [5, 5.41) is 3.71. The van der Waals surface area contributed by atoms with Crippen LogP contribution < -0.4 is 5.32 Å². The SMILES string of the molecule is COCCN1C(=O)C(Nc2cc(Cl)ccc2C)=C(c2ccc(C)c(C)c2)C1=O. The number of halogens is 1. The molecule has 28 heavy (non-hydrogen) atoms. The molecule has 1 heterocycles. The number of hydrogen-bond acceptors (Lipinski definition) is 4. The fourth-order valence-corrected chi connectivity index (χ4v) is 3.28. The van der Waals surface area contributed by atoms with Crippen LogP contribution in [0.4, 0.5) is 5.69 Å². The van der Waals surface area contributed by atoms with Gasteiger partial charge in [-0.05, 0) is 55.2 Å². The maximum atomic E-state index is 13.1. The summed E-state index contributed by atoms with van der Waals surface area (Å²) in [6.07, 6.45) is 0. The van der Waals surface area contributed by atoms with E-state index < -0.39 is 0 Å². The first-order valence-corrected chi connectivity index (χ1v) is 9.41. The molecule has 3 rings (SSSR count). The quantitative estimate of drug-likeness (QED) is 0.744. The Morgan fingerprint density at radius 2 is 1.68 bits per heavy atom. The van der Waals surface area contributed by atoms with Crippen LogP contribution in [0, 0.1) is 20.8 Å². The van der Waals surface area contributed by atoms with Crippen LogP contribution in [0.25, 0.3) is 5.57 Å². The Hall–Kier alpha value is -2.63. The van der Waals surface area contributed by atoms with Crippen molar-refractivity contribution in [2.75, 3.05) is 25.6 Å². The molecule has 0 fully saturated rings. The highest BCUT2D eigenvalue weighted by atomic mass is 35.5. The van der Waals surface area contributed by atoms with E-state index in [2.05, 4.69) is 5.32 Å². The van der Waals surface area contributed by atoms with E-state index in [1.165, 1.54) is 12.0 Å². The summed E-state index contributed by atoms with van der Waals surface area (Å²) in [4.78, 5) is 27.4. The highest BCUT2D eigenvalue weighted by Gasteiger charge is 2.39. The van der Waals surface area contributed by atoms with Crippen LogP contribution in [0.5, 0.6) is 0 Å². The summed E-state index contributed by atoms with van der Waals surface area (Å²) in [7, 11) is 1.54. The lowest BCUT2D eigenvalue weighted by Crippen LogP contribution is -2.35. The van der Waals surface area contributed by atoms with E-state index in [0.717, 1.165) is 16.7 Å². The standard InChI is InChI=1S/C22H23ClN2O3/c1-13-5-7-16(11-15(13)3)19-20(22(27)25(21(19)26)9-10-28-4)24-18-12-17(23)8-6-14(18)2/h5-8,11-12,24H,9-10H2,1-4H3. The minimum atomic E-state index is -0.366. The topological polar surface area (TPSA) is 58.6 Å². The fraction of sp³-hybridized carbons (Fsp3) is 0.273. The van der Waals surface area contributed by atoms with Crippen LogP contribution in [0.15, 0.2) is 42.1 Å². The van der Waals surface area contributed by atoms with E-state index in [0.29, 0.717) is 21.8 Å². The Kier molecular flexibility index (Phi) is 5.87. The molecule has 1 N–H and O–H groups in total. The lowest BCUT2D eigenvalue weighted by molar-refractivity contribution is -0.137. The molecule has 1 aliphatic heterocycles. The van der Waals surface area contributed by atoms with Crippen molar-refractivity contribution in [3.8, 4) is 0 Å². The zero-order valence-corrected chi connectivity index (χ0v) is 17.2. The molecular formula is C22H23ClN2O3. The van der Waals surface area contributed by atoms with E-state index in [-0.39, 0.29) is 30.7 Å². The number of methoxy groups -OCH3 is 1. The molecule has 0 saturated heterocycles. The van der Waals surface area contributed by atoms with Gasteiger partial charge >= 0.3 is 0 Å². The van der Waals surface area contributed by atoms with Crippen molar-refractivity contribution in [1.82, 2.24) is 4.90 Å². The molecule has 0 unspecified atom stereocenters. The second-order valence-corrected chi connectivity index (χ2v) is 7.32. The number of anilines is 1. The van der Waals surface area contributed by atoms with Crippen molar-refractivity contribution in [3.05, 3.63) is 69.4 Å². The zero-order chi connectivity index (χ0) is 20.4. The summed E-state index contributed by atoms with van der Waals surface area (Å²) >= 11 is 6.12. The molecule has 0 atom stereocenters. The maximum Gasteiger partial charge on any atom is 0.278 e. The first kappa shape index (κ1) is 20.1. The number of hydrogen-bond donors (Lipinski definition) is 1. The minimum absolute atomic E-state index is 0.197. The minimum Gasteiger partial charge on any atom is -0.383 e. The van der Waals surface area contributed by atoms with Crippen molar-refractivity contribution in [3.63, 3.8) is 0 Å². The average molecular weight is 399 g/mol. The van der Waals surface area contributed by atoms with Gasteiger partial charge in [0.25, 0.3) is 11.8 Å². The summed E-state index contributed by atoms with van der Waals surface area (Å²) in [6, 6.07) is 11.2. The van der Waals surface area contributed by atoms with Crippen LogP contribution in [0.1, 0.15) is 22.3 Å². The normalized spacial score (nSPS) is 14.2. The Labute approximate surface area is 169 Å². The van der Waals surface area contributed by atoms with Crippen molar-refractivity contribution in [2.45, 2.75) is 20.8 Å². The van der Waals surface area contributed by atoms with Gasteiger partial charge in [-0.2, -0.15) is 0 Å². The highest BCUT2D eigenvalue weighted by molar-refractivity contribution is 6.36. The van der Waals surface area contributed by atoms with E-state index in [4.69, 9.17) is 16.3 Å². The van der Waals surface area contributed by atoms with Crippen LogP contribution >= 0.6 is 11.6 Å². The number of imide groups is 1. The first-order chi connectivity index (χ1) is 13.3. The molecule has 1 aliphatic rings. The van der Waals surface area contributed by atoms with Crippen molar-refractivity contribution < 1.29 is 14.3 Å². The summed E-state index contributed by atoms with van der Waals surface area (Å²) in [5.41, 5.74) is 5.13. The number of nitrogens with zero attached hydrogens (tertiary/aromatic N) is 1. The molecule has 0 aromatic heterocycles. The number of aryl methyl sites for hydroxylation is 3.